The maximum absolute atomic E-state index is 5.15. The number of nitrogens with zero attached hydrogens (tertiary/aromatic N) is 2. The summed E-state index contributed by atoms with van der Waals surface area (Å²) in [7, 11) is 0. The third-order valence-electron chi connectivity index (χ3n) is 20.1. The molecule has 0 N–H and O–H groups in total. The second kappa shape index (κ2) is 73.8. The van der Waals surface area contributed by atoms with Crippen LogP contribution in [0, 0.1) is 0 Å². The Morgan fingerprint density at radius 2 is 0.440 bits per heavy atom. The van der Waals surface area contributed by atoms with Crippen molar-refractivity contribution in [2.24, 2.45) is 9.98 Å². The second-order valence-corrected chi connectivity index (χ2v) is 29.1. The van der Waals surface area contributed by atoms with Gasteiger partial charge in [-0.2, -0.15) is 0 Å². The van der Waals surface area contributed by atoms with Gasteiger partial charge in [-0.3, -0.25) is 4.99 Å². The van der Waals surface area contributed by atoms with E-state index in [1.165, 1.54) is 448 Å². The Hall–Kier alpha value is -1.99. The first-order valence-corrected chi connectivity index (χ1v) is 41.7. The van der Waals surface area contributed by atoms with Crippen molar-refractivity contribution in [3.8, 4) is 0 Å². The maximum Gasteiger partial charge on any atom is 2.00 e. The molecule has 91 heavy (non-hydrogen) atoms. The second-order valence-electron chi connectivity index (χ2n) is 29.1. The first-order valence-electron chi connectivity index (χ1n) is 41.7. The third kappa shape index (κ3) is 63.8. The molecule has 2 aromatic carbocycles. The molecule has 3 heteroatoms. The zero-order valence-electron chi connectivity index (χ0n) is 61.9. The van der Waals surface area contributed by atoms with E-state index in [4.69, 9.17) is 9.98 Å². The number of hydrogen-bond acceptors (Lipinski definition) is 2. The molecular formula is C88H158N2Ni+2. The number of aryl methyl sites for hydroxylation is 2. The van der Waals surface area contributed by atoms with Gasteiger partial charge in [-0.1, -0.05) is 456 Å². The quantitative estimate of drug-likeness (QED) is 0.0358. The average molecular weight is 1300 g/mol. The van der Waals surface area contributed by atoms with E-state index >= 15 is 0 Å². The summed E-state index contributed by atoms with van der Waals surface area (Å²) >= 11 is 0. The van der Waals surface area contributed by atoms with Gasteiger partial charge in [0.1, 0.15) is 0 Å². The molecule has 0 amide bonds. The molecule has 0 heterocycles. The molecule has 0 aromatic heterocycles. The number of hydrogen-bond donors (Lipinski definition) is 0. The molecule has 0 atom stereocenters. The van der Waals surface area contributed by atoms with E-state index < -0.39 is 0 Å². The van der Waals surface area contributed by atoms with Gasteiger partial charge in [0, 0.05) is 0 Å². The summed E-state index contributed by atoms with van der Waals surface area (Å²) < 4.78 is 0. The Bertz CT molecular complexity index is 1780. The van der Waals surface area contributed by atoms with Crippen molar-refractivity contribution in [2.75, 3.05) is 0 Å². The number of allylic oxidation sites excluding steroid dienone is 2. The molecule has 0 saturated carbocycles. The molecule has 528 valence electrons. The number of benzene rings is 2. The molecule has 0 aliphatic carbocycles. The Labute approximate surface area is 581 Å². The average Bonchev–Trinajstić information content (AvgIpc) is 3.00. The molecular weight excluding hydrogens is 1140 g/mol. The van der Waals surface area contributed by atoms with Gasteiger partial charge in [-0.15, -0.1) is 0 Å². The predicted molar refractivity (Wildman–Crippen MR) is 411 cm³/mol. The van der Waals surface area contributed by atoms with Crippen LogP contribution in [-0.2, 0) is 29.3 Å². The van der Waals surface area contributed by atoms with Gasteiger partial charge >= 0.3 is 16.5 Å². The molecule has 0 aliphatic rings. The summed E-state index contributed by atoms with van der Waals surface area (Å²) in [5.41, 5.74) is 5.87. The van der Waals surface area contributed by atoms with Gasteiger partial charge in [-0.05, 0) is 80.0 Å². The molecule has 0 fully saturated rings. The van der Waals surface area contributed by atoms with Gasteiger partial charge in [-0.25, -0.2) is 4.99 Å². The molecule has 0 bridgehead atoms. The maximum atomic E-state index is 5.15. The SMILES string of the molecule is CCCCCCCCCCCCCCCCCC/C=C/C(/C=N/c1ccc(CCCCCCCCCCCCCCCCCCCCCCCCCCC)cc1)=N\c1ccc(CCCCCCCCCCCCCCCCCCCCCCCCCCC)cc1.[Ni+2]. The summed E-state index contributed by atoms with van der Waals surface area (Å²) in [6.45, 7) is 6.94. The van der Waals surface area contributed by atoms with Gasteiger partial charge in [0.2, 0.25) is 0 Å². The van der Waals surface area contributed by atoms with E-state index in [0.717, 1.165) is 23.5 Å². The molecule has 2 rings (SSSR count). The normalized spacial score (nSPS) is 12.0. The largest absolute Gasteiger partial charge is 2.00 e. The van der Waals surface area contributed by atoms with Crippen LogP contribution >= 0.6 is 0 Å². The van der Waals surface area contributed by atoms with Gasteiger partial charge in [0.25, 0.3) is 0 Å². The van der Waals surface area contributed by atoms with Crippen LogP contribution in [0.1, 0.15) is 462 Å². The molecule has 0 saturated heterocycles. The Kier molecular flexibility index (Phi) is 70.6. The fraction of sp³-hybridized carbons (Fsp3) is 0.818. The summed E-state index contributed by atoms with van der Waals surface area (Å²) in [5, 5.41) is 0. The molecule has 0 radical (unpaired) electrons. The Morgan fingerprint density at radius 1 is 0.242 bits per heavy atom. The number of rotatable bonds is 73. The molecule has 0 spiro atoms. The first kappa shape index (κ1) is 87.0. The monoisotopic (exact) mass is 1300 g/mol. The zero-order valence-corrected chi connectivity index (χ0v) is 62.8. The van der Waals surface area contributed by atoms with Crippen LogP contribution in [-0.4, -0.2) is 11.9 Å². The topological polar surface area (TPSA) is 24.7 Å². The summed E-state index contributed by atoms with van der Waals surface area (Å²) in [6.07, 6.45) is 105. The minimum Gasteiger partial charge on any atom is -0.255 e. The fourth-order valence-corrected chi connectivity index (χ4v) is 13.8. The minimum absolute atomic E-state index is 0. The number of unbranched alkanes of at least 4 members (excludes halogenated alkanes) is 64. The van der Waals surface area contributed by atoms with E-state index in [2.05, 4.69) is 81.5 Å². The van der Waals surface area contributed by atoms with Gasteiger partial charge < -0.3 is 0 Å². The van der Waals surface area contributed by atoms with Crippen molar-refractivity contribution >= 4 is 23.3 Å². The van der Waals surface area contributed by atoms with Crippen LogP contribution in [0.5, 0.6) is 0 Å². The van der Waals surface area contributed by atoms with Crippen molar-refractivity contribution in [1.29, 1.82) is 0 Å². The molecule has 0 aliphatic heterocycles. The zero-order chi connectivity index (χ0) is 63.9. The minimum atomic E-state index is 0. The Morgan fingerprint density at radius 3 is 0.670 bits per heavy atom. The van der Waals surface area contributed by atoms with Gasteiger partial charge in [0.05, 0.1) is 23.3 Å². The van der Waals surface area contributed by atoms with Crippen molar-refractivity contribution in [3.05, 3.63) is 71.8 Å². The predicted octanol–water partition coefficient (Wildman–Crippen LogP) is 32.0. The third-order valence-corrected chi connectivity index (χ3v) is 20.1. The summed E-state index contributed by atoms with van der Waals surface area (Å²) in [6, 6.07) is 18.1. The fourth-order valence-electron chi connectivity index (χ4n) is 13.8. The first-order chi connectivity index (χ1) is 44.7. The van der Waals surface area contributed by atoms with Crippen molar-refractivity contribution in [1.82, 2.24) is 0 Å². The van der Waals surface area contributed by atoms with Crippen molar-refractivity contribution < 1.29 is 16.5 Å². The van der Waals surface area contributed by atoms with Crippen LogP contribution in [0.2, 0.25) is 0 Å². The van der Waals surface area contributed by atoms with E-state index in [-0.39, 0.29) is 16.5 Å². The van der Waals surface area contributed by atoms with Crippen LogP contribution in [0.3, 0.4) is 0 Å². The van der Waals surface area contributed by atoms with E-state index in [1.54, 1.807) is 0 Å². The van der Waals surface area contributed by atoms with Crippen LogP contribution in [0.4, 0.5) is 11.4 Å². The molecule has 2 aromatic rings. The van der Waals surface area contributed by atoms with Crippen LogP contribution < -0.4 is 0 Å². The van der Waals surface area contributed by atoms with E-state index in [9.17, 15) is 0 Å². The van der Waals surface area contributed by atoms with Crippen LogP contribution in [0.15, 0.2) is 70.7 Å². The van der Waals surface area contributed by atoms with Crippen LogP contribution in [0.25, 0.3) is 0 Å². The summed E-state index contributed by atoms with van der Waals surface area (Å²) in [4.78, 5) is 10.1. The van der Waals surface area contributed by atoms with Crippen molar-refractivity contribution in [2.45, 2.75) is 464 Å². The molecule has 2 nitrogen and oxygen atoms in total. The van der Waals surface area contributed by atoms with E-state index in [0.29, 0.717) is 0 Å². The Balaban J connectivity index is 0.0000414. The molecule has 0 unspecified atom stereocenters. The van der Waals surface area contributed by atoms with E-state index in [1.807, 2.05) is 6.21 Å². The van der Waals surface area contributed by atoms with Crippen molar-refractivity contribution in [3.63, 3.8) is 0 Å². The summed E-state index contributed by atoms with van der Waals surface area (Å²) in [5.74, 6) is 0. The number of aliphatic imine (C=N–C) groups is 2. The smallest absolute Gasteiger partial charge is 0.255 e. The standard InChI is InChI=1S/C88H158N2.Ni/c1-4-7-10-13-16-19-22-25-28-31-34-36-38-40-42-44-46-48-51-54-57-60-63-66-69-72-84-75-79-86(80-76-84)89-83-88(74-71-68-65-62-59-56-53-50-33-30-27-24-21-18-15-12-9-6-3)90-87-81-77-85(78-82-87)73-70-67-64-61-58-55-52-49-47-45-43-41-39-37-35-32-29-26-23-20-17-14-11-8-5-2;/h71,74-83H,4-70,72-73H2,1-3H3;/q;+2/b74-71+,89-83+,90-88+;. The van der Waals surface area contributed by atoms with Gasteiger partial charge in [0.15, 0.2) is 0 Å².